The molecule has 3 aromatic rings. The maximum absolute atomic E-state index is 13.2. The molecule has 0 unspecified atom stereocenters. The third kappa shape index (κ3) is 2.53. The molecule has 2 heterocycles. The van der Waals surface area contributed by atoms with Crippen molar-refractivity contribution in [2.75, 3.05) is 0 Å². The topological polar surface area (TPSA) is 35.6 Å². The molecule has 0 aliphatic heterocycles. The van der Waals surface area contributed by atoms with Gasteiger partial charge in [-0.15, -0.1) is 11.6 Å². The monoisotopic (exact) mass is 306 g/mol. The molecule has 0 N–H and O–H groups in total. The van der Waals surface area contributed by atoms with Gasteiger partial charge >= 0.3 is 0 Å². The zero-order valence-electron chi connectivity index (χ0n) is 12.0. The van der Waals surface area contributed by atoms with Crippen LogP contribution in [0.3, 0.4) is 0 Å². The molecule has 0 aliphatic rings. The number of fused-ring (bicyclic) bond motifs is 1. The lowest BCUT2D eigenvalue weighted by molar-refractivity contribution is 0.618. The Balaban J connectivity index is 1.96. The molecule has 0 fully saturated rings. The summed E-state index contributed by atoms with van der Waals surface area (Å²) in [5.74, 6) is 0.952. The first-order valence-corrected chi connectivity index (χ1v) is 7.32. The number of aryl methyl sites for hydroxylation is 4. The highest BCUT2D eigenvalue weighted by atomic mass is 35.5. The van der Waals surface area contributed by atoms with Gasteiger partial charge in [-0.1, -0.05) is 12.1 Å². The second-order valence-corrected chi connectivity index (χ2v) is 5.34. The van der Waals surface area contributed by atoms with Crippen LogP contribution in [0.25, 0.3) is 11.2 Å². The molecule has 3 rings (SSSR count). The number of aromatic nitrogens is 4. The first-order chi connectivity index (χ1) is 10.1. The number of imidazole rings is 1. The third-order valence-electron chi connectivity index (χ3n) is 3.60. The van der Waals surface area contributed by atoms with E-state index in [9.17, 15) is 4.39 Å². The van der Waals surface area contributed by atoms with Crippen molar-refractivity contribution in [2.45, 2.75) is 25.8 Å². The highest BCUT2D eigenvalue weighted by molar-refractivity contribution is 6.16. The molecule has 0 amide bonds. The van der Waals surface area contributed by atoms with Crippen molar-refractivity contribution in [3.8, 4) is 0 Å². The van der Waals surface area contributed by atoms with Crippen LogP contribution in [0, 0.1) is 12.7 Å². The normalized spacial score (nSPS) is 11.4. The van der Waals surface area contributed by atoms with Gasteiger partial charge in [0.2, 0.25) is 0 Å². The van der Waals surface area contributed by atoms with Gasteiger partial charge in [-0.2, -0.15) is 5.10 Å². The Morgan fingerprint density at radius 2 is 2.14 bits per heavy atom. The first-order valence-electron chi connectivity index (χ1n) is 6.79. The van der Waals surface area contributed by atoms with Gasteiger partial charge in [-0.25, -0.2) is 9.37 Å². The van der Waals surface area contributed by atoms with Gasteiger partial charge in [0, 0.05) is 13.6 Å². The summed E-state index contributed by atoms with van der Waals surface area (Å²) in [6.45, 7) is 2.63. The zero-order valence-corrected chi connectivity index (χ0v) is 12.7. The quantitative estimate of drug-likeness (QED) is 0.694. The minimum absolute atomic E-state index is 0.211. The Morgan fingerprint density at radius 1 is 1.33 bits per heavy atom. The van der Waals surface area contributed by atoms with Gasteiger partial charge in [0.25, 0.3) is 0 Å². The predicted molar refractivity (Wildman–Crippen MR) is 80.9 cm³/mol. The number of alkyl halides is 1. The van der Waals surface area contributed by atoms with Gasteiger partial charge in [0.05, 0.1) is 11.6 Å². The minimum Gasteiger partial charge on any atom is -0.312 e. The van der Waals surface area contributed by atoms with E-state index in [2.05, 4.69) is 14.6 Å². The van der Waals surface area contributed by atoms with Crippen LogP contribution in [0.1, 0.15) is 17.1 Å². The van der Waals surface area contributed by atoms with E-state index in [0.29, 0.717) is 12.4 Å². The fraction of sp³-hybridized carbons (Fsp3) is 0.333. The molecule has 110 valence electrons. The number of hydrogen-bond acceptors (Lipinski definition) is 2. The maximum Gasteiger partial charge on any atom is 0.158 e. The number of hydrogen-bond donors (Lipinski definition) is 0. The highest BCUT2D eigenvalue weighted by Gasteiger charge is 2.16. The molecule has 0 aliphatic carbocycles. The molecule has 4 nitrogen and oxygen atoms in total. The van der Waals surface area contributed by atoms with E-state index in [1.807, 2.05) is 24.7 Å². The summed E-state index contributed by atoms with van der Waals surface area (Å²) >= 11 is 6.00. The zero-order chi connectivity index (χ0) is 15.0. The maximum atomic E-state index is 13.2. The van der Waals surface area contributed by atoms with Crippen LogP contribution in [0.2, 0.25) is 0 Å². The molecule has 0 saturated carbocycles. The SMILES string of the molecule is Cc1nn(C)c2c1nc(CCl)n2CCc1cccc(F)c1. The van der Waals surface area contributed by atoms with Crippen LogP contribution in [0.5, 0.6) is 0 Å². The van der Waals surface area contributed by atoms with E-state index in [0.717, 1.165) is 34.7 Å². The molecule has 1 aromatic carbocycles. The van der Waals surface area contributed by atoms with Crippen molar-refractivity contribution < 1.29 is 4.39 Å². The van der Waals surface area contributed by atoms with Crippen LogP contribution < -0.4 is 0 Å². The number of halogens is 2. The molecule has 0 spiro atoms. The number of benzene rings is 1. The number of nitrogens with zero attached hydrogens (tertiary/aromatic N) is 4. The number of rotatable bonds is 4. The standard InChI is InChI=1S/C15H16ClFN4/c1-10-14-15(20(2)19-10)21(13(9-16)18-14)7-6-11-4-3-5-12(17)8-11/h3-5,8H,6-7,9H2,1-2H3. The van der Waals surface area contributed by atoms with Crippen molar-refractivity contribution in [3.63, 3.8) is 0 Å². The van der Waals surface area contributed by atoms with Gasteiger partial charge in [0.1, 0.15) is 17.2 Å². The Hall–Kier alpha value is -1.88. The van der Waals surface area contributed by atoms with Gasteiger partial charge in [0.15, 0.2) is 5.65 Å². The van der Waals surface area contributed by atoms with E-state index in [1.54, 1.807) is 12.1 Å². The van der Waals surface area contributed by atoms with Crippen LogP contribution >= 0.6 is 11.6 Å². The molecule has 21 heavy (non-hydrogen) atoms. The fourth-order valence-electron chi connectivity index (χ4n) is 2.65. The summed E-state index contributed by atoms with van der Waals surface area (Å²) in [5, 5.41) is 4.39. The predicted octanol–water partition coefficient (Wildman–Crippen LogP) is 3.20. The minimum atomic E-state index is -0.211. The largest absolute Gasteiger partial charge is 0.312 e. The molecular formula is C15H16ClFN4. The van der Waals surface area contributed by atoms with Gasteiger partial charge in [-0.05, 0) is 31.0 Å². The van der Waals surface area contributed by atoms with E-state index in [1.165, 1.54) is 6.07 Å². The molecule has 6 heteroatoms. The highest BCUT2D eigenvalue weighted by Crippen LogP contribution is 2.20. The van der Waals surface area contributed by atoms with Crippen LogP contribution in [-0.4, -0.2) is 19.3 Å². The Bertz CT molecular complexity index is 790. The average molecular weight is 307 g/mol. The lowest BCUT2D eigenvalue weighted by atomic mass is 10.1. The van der Waals surface area contributed by atoms with Gasteiger partial charge < -0.3 is 4.57 Å². The second kappa shape index (κ2) is 5.48. The van der Waals surface area contributed by atoms with Crippen molar-refractivity contribution in [3.05, 3.63) is 47.2 Å². The summed E-state index contributed by atoms with van der Waals surface area (Å²) in [4.78, 5) is 4.55. The van der Waals surface area contributed by atoms with Crippen molar-refractivity contribution in [1.29, 1.82) is 0 Å². The molecule has 0 radical (unpaired) electrons. The third-order valence-corrected chi connectivity index (χ3v) is 3.84. The summed E-state index contributed by atoms with van der Waals surface area (Å²) in [6.07, 6.45) is 0.720. The molecule has 2 aromatic heterocycles. The van der Waals surface area contributed by atoms with Crippen LogP contribution in [-0.2, 0) is 25.9 Å². The van der Waals surface area contributed by atoms with Crippen LogP contribution in [0.4, 0.5) is 4.39 Å². The van der Waals surface area contributed by atoms with E-state index < -0.39 is 0 Å². The molecule has 0 atom stereocenters. The van der Waals surface area contributed by atoms with Crippen molar-refractivity contribution in [1.82, 2.24) is 19.3 Å². The molecule has 0 bridgehead atoms. The molecular weight excluding hydrogens is 291 g/mol. The lowest BCUT2D eigenvalue weighted by Crippen LogP contribution is -2.08. The fourth-order valence-corrected chi connectivity index (χ4v) is 2.85. The summed E-state index contributed by atoms with van der Waals surface area (Å²) < 4.78 is 17.1. The van der Waals surface area contributed by atoms with E-state index >= 15 is 0 Å². The average Bonchev–Trinajstić information content (AvgIpc) is 2.95. The summed E-state index contributed by atoms with van der Waals surface area (Å²) in [7, 11) is 1.90. The van der Waals surface area contributed by atoms with Crippen molar-refractivity contribution >= 4 is 22.8 Å². The smallest absolute Gasteiger partial charge is 0.158 e. The lowest BCUT2D eigenvalue weighted by Gasteiger charge is -2.08. The molecule has 0 saturated heterocycles. The Labute approximate surface area is 127 Å². The van der Waals surface area contributed by atoms with Crippen molar-refractivity contribution in [2.24, 2.45) is 7.05 Å². The summed E-state index contributed by atoms with van der Waals surface area (Å²) in [6, 6.07) is 6.66. The Morgan fingerprint density at radius 3 is 2.86 bits per heavy atom. The van der Waals surface area contributed by atoms with E-state index in [-0.39, 0.29) is 5.82 Å². The summed E-state index contributed by atoms with van der Waals surface area (Å²) in [5.41, 5.74) is 3.69. The first kappa shape index (κ1) is 14.1. The van der Waals surface area contributed by atoms with E-state index in [4.69, 9.17) is 11.6 Å². The second-order valence-electron chi connectivity index (χ2n) is 5.07. The van der Waals surface area contributed by atoms with Crippen LogP contribution in [0.15, 0.2) is 24.3 Å². The Kier molecular flexibility index (Phi) is 3.68. The van der Waals surface area contributed by atoms with Gasteiger partial charge in [-0.3, -0.25) is 4.68 Å².